The molecule has 0 aliphatic carbocycles. The Kier molecular flexibility index (Phi) is 2.93. The van der Waals surface area contributed by atoms with Gasteiger partial charge in [0.2, 0.25) is 6.79 Å². The Balaban J connectivity index is 1.58. The normalized spacial score (nSPS) is 14.3. The van der Waals surface area contributed by atoms with Crippen molar-refractivity contribution in [3.8, 4) is 11.5 Å². The molecule has 0 saturated carbocycles. The topological polar surface area (TPSA) is 43.4 Å². The van der Waals surface area contributed by atoms with Gasteiger partial charge in [0.05, 0.1) is 16.3 Å². The van der Waals surface area contributed by atoms with Gasteiger partial charge >= 0.3 is 0 Å². The van der Waals surface area contributed by atoms with Crippen molar-refractivity contribution >= 4 is 27.2 Å². The van der Waals surface area contributed by atoms with Crippen LogP contribution in [0.25, 0.3) is 10.2 Å². The van der Waals surface area contributed by atoms with Crippen LogP contribution in [0.3, 0.4) is 0 Å². The quantitative estimate of drug-likeness (QED) is 0.787. The first-order chi connectivity index (χ1) is 10.3. The van der Waals surface area contributed by atoms with Gasteiger partial charge in [-0.3, -0.25) is 4.98 Å². The molecule has 0 radical (unpaired) electrons. The van der Waals surface area contributed by atoms with Crippen LogP contribution in [-0.2, 0) is 0 Å². The van der Waals surface area contributed by atoms with Crippen LogP contribution in [-0.4, -0.2) is 11.8 Å². The van der Waals surface area contributed by atoms with Crippen molar-refractivity contribution < 1.29 is 9.47 Å². The van der Waals surface area contributed by atoms with E-state index in [9.17, 15) is 0 Å². The predicted molar refractivity (Wildman–Crippen MR) is 84.2 cm³/mol. The van der Waals surface area contributed by atoms with E-state index in [-0.39, 0.29) is 6.04 Å². The third-order valence-corrected chi connectivity index (χ3v) is 4.43. The second-order valence-electron chi connectivity index (χ2n) is 5.01. The van der Waals surface area contributed by atoms with E-state index in [1.807, 2.05) is 30.5 Å². The van der Waals surface area contributed by atoms with E-state index in [1.54, 1.807) is 11.3 Å². The van der Waals surface area contributed by atoms with E-state index >= 15 is 0 Å². The lowest BCUT2D eigenvalue weighted by Gasteiger charge is -2.15. The number of benzene rings is 1. The molecule has 1 N–H and O–H groups in total. The Morgan fingerprint density at radius 1 is 1.19 bits per heavy atom. The van der Waals surface area contributed by atoms with Gasteiger partial charge in [0.25, 0.3) is 0 Å². The van der Waals surface area contributed by atoms with Crippen LogP contribution in [0, 0.1) is 0 Å². The van der Waals surface area contributed by atoms with E-state index in [0.29, 0.717) is 6.79 Å². The minimum Gasteiger partial charge on any atom is -0.454 e. The van der Waals surface area contributed by atoms with Crippen molar-refractivity contribution in [2.45, 2.75) is 13.0 Å². The first-order valence-electron chi connectivity index (χ1n) is 6.79. The zero-order valence-electron chi connectivity index (χ0n) is 11.5. The van der Waals surface area contributed by atoms with Crippen molar-refractivity contribution in [1.29, 1.82) is 0 Å². The average Bonchev–Trinajstić information content (AvgIpc) is 3.14. The highest BCUT2D eigenvalue weighted by atomic mass is 32.1. The molecule has 0 saturated heterocycles. The van der Waals surface area contributed by atoms with Crippen LogP contribution in [0.15, 0.2) is 41.9 Å². The summed E-state index contributed by atoms with van der Waals surface area (Å²) in [5.74, 6) is 1.59. The highest BCUT2D eigenvalue weighted by molar-refractivity contribution is 7.17. The van der Waals surface area contributed by atoms with E-state index in [0.717, 1.165) is 22.7 Å². The summed E-state index contributed by atoms with van der Waals surface area (Å²) in [5.41, 5.74) is 3.24. The molecule has 1 aliphatic rings. The Hall–Kier alpha value is -2.27. The molecule has 21 heavy (non-hydrogen) atoms. The minimum atomic E-state index is 0.171. The molecule has 2 aromatic heterocycles. The maximum atomic E-state index is 5.40. The van der Waals surface area contributed by atoms with Gasteiger partial charge in [-0.2, -0.15) is 0 Å². The number of anilines is 1. The van der Waals surface area contributed by atoms with Crippen LogP contribution >= 0.6 is 11.3 Å². The average molecular weight is 298 g/mol. The van der Waals surface area contributed by atoms with E-state index in [4.69, 9.17) is 9.47 Å². The monoisotopic (exact) mass is 298 g/mol. The molecule has 106 valence electrons. The number of hydrogen-bond acceptors (Lipinski definition) is 5. The SMILES string of the molecule is CC(Nc1ccc2c(c1)OCO2)c1cnc2ccsc2c1. The van der Waals surface area contributed by atoms with E-state index < -0.39 is 0 Å². The number of fused-ring (bicyclic) bond motifs is 2. The highest BCUT2D eigenvalue weighted by Gasteiger charge is 2.14. The summed E-state index contributed by atoms with van der Waals surface area (Å²) in [6.45, 7) is 2.42. The summed E-state index contributed by atoms with van der Waals surface area (Å²) in [5, 5.41) is 5.54. The van der Waals surface area contributed by atoms with Crippen molar-refractivity contribution in [2.24, 2.45) is 0 Å². The van der Waals surface area contributed by atoms with Gasteiger partial charge in [-0.15, -0.1) is 11.3 Å². The Morgan fingerprint density at radius 2 is 2.10 bits per heavy atom. The summed E-state index contributed by atoms with van der Waals surface area (Å²) in [4.78, 5) is 4.49. The third-order valence-electron chi connectivity index (χ3n) is 3.58. The second-order valence-corrected chi connectivity index (χ2v) is 5.95. The first kappa shape index (κ1) is 12.5. The summed E-state index contributed by atoms with van der Waals surface area (Å²) in [6.07, 6.45) is 1.93. The fourth-order valence-corrected chi connectivity index (χ4v) is 3.21. The fourth-order valence-electron chi connectivity index (χ4n) is 2.42. The molecule has 0 fully saturated rings. The lowest BCUT2D eigenvalue weighted by Crippen LogP contribution is -2.06. The maximum absolute atomic E-state index is 5.40. The number of nitrogens with one attached hydrogen (secondary N) is 1. The van der Waals surface area contributed by atoms with Crippen LogP contribution in [0.5, 0.6) is 11.5 Å². The molecule has 0 amide bonds. The van der Waals surface area contributed by atoms with E-state index in [2.05, 4.69) is 28.7 Å². The Morgan fingerprint density at radius 3 is 3.05 bits per heavy atom. The molecular weight excluding hydrogens is 284 g/mol. The van der Waals surface area contributed by atoms with Gasteiger partial charge in [-0.1, -0.05) is 0 Å². The lowest BCUT2D eigenvalue weighted by molar-refractivity contribution is 0.174. The summed E-state index contributed by atoms with van der Waals surface area (Å²) in [6, 6.07) is 10.3. The summed E-state index contributed by atoms with van der Waals surface area (Å²) in [7, 11) is 0. The molecule has 1 unspecified atom stereocenters. The van der Waals surface area contributed by atoms with Gasteiger partial charge in [0, 0.05) is 18.0 Å². The second kappa shape index (κ2) is 4.93. The third kappa shape index (κ3) is 2.29. The van der Waals surface area contributed by atoms with Crippen LogP contribution in [0.1, 0.15) is 18.5 Å². The lowest BCUT2D eigenvalue weighted by atomic mass is 10.1. The summed E-state index contributed by atoms with van der Waals surface area (Å²) < 4.78 is 11.9. The number of thiophene rings is 1. The molecule has 3 heterocycles. The molecule has 5 heteroatoms. The largest absolute Gasteiger partial charge is 0.454 e. The minimum absolute atomic E-state index is 0.171. The molecule has 4 nitrogen and oxygen atoms in total. The summed E-state index contributed by atoms with van der Waals surface area (Å²) >= 11 is 1.71. The van der Waals surface area contributed by atoms with Crippen molar-refractivity contribution in [2.75, 3.05) is 12.1 Å². The van der Waals surface area contributed by atoms with Crippen molar-refractivity contribution in [1.82, 2.24) is 4.98 Å². The number of pyridine rings is 1. The molecule has 1 atom stereocenters. The van der Waals surface area contributed by atoms with Crippen LogP contribution in [0.2, 0.25) is 0 Å². The van der Waals surface area contributed by atoms with Crippen LogP contribution in [0.4, 0.5) is 5.69 Å². The number of ether oxygens (including phenoxy) is 2. The molecule has 3 aromatic rings. The van der Waals surface area contributed by atoms with E-state index in [1.165, 1.54) is 10.3 Å². The zero-order valence-corrected chi connectivity index (χ0v) is 12.3. The highest BCUT2D eigenvalue weighted by Crippen LogP contribution is 2.35. The number of nitrogens with zero attached hydrogens (tertiary/aromatic N) is 1. The van der Waals surface area contributed by atoms with Gasteiger partial charge in [-0.05, 0) is 42.1 Å². The fraction of sp³-hybridized carbons (Fsp3) is 0.188. The molecule has 0 spiro atoms. The number of hydrogen-bond donors (Lipinski definition) is 1. The maximum Gasteiger partial charge on any atom is 0.231 e. The van der Waals surface area contributed by atoms with Crippen LogP contribution < -0.4 is 14.8 Å². The predicted octanol–water partition coefficient (Wildman–Crippen LogP) is 4.20. The van der Waals surface area contributed by atoms with Gasteiger partial charge in [-0.25, -0.2) is 0 Å². The Labute approximate surface area is 126 Å². The first-order valence-corrected chi connectivity index (χ1v) is 7.67. The molecule has 4 rings (SSSR count). The standard InChI is InChI=1S/C16H14N2O2S/c1-10(11-6-16-13(17-8-11)4-5-21-16)18-12-2-3-14-15(7-12)20-9-19-14/h2-8,10,18H,9H2,1H3. The number of rotatable bonds is 3. The smallest absolute Gasteiger partial charge is 0.231 e. The molecule has 0 bridgehead atoms. The van der Waals surface area contributed by atoms with Crippen molar-refractivity contribution in [3.05, 3.63) is 47.5 Å². The molecule has 1 aliphatic heterocycles. The van der Waals surface area contributed by atoms with Crippen molar-refractivity contribution in [3.63, 3.8) is 0 Å². The van der Waals surface area contributed by atoms with Gasteiger partial charge < -0.3 is 14.8 Å². The number of aromatic nitrogens is 1. The molecular formula is C16H14N2O2S. The Bertz CT molecular complexity index is 800. The zero-order chi connectivity index (χ0) is 14.2. The molecule has 1 aromatic carbocycles. The van der Waals surface area contributed by atoms with Gasteiger partial charge in [0.1, 0.15) is 0 Å². The van der Waals surface area contributed by atoms with Gasteiger partial charge in [0.15, 0.2) is 11.5 Å².